The van der Waals surface area contributed by atoms with Crippen LogP contribution in [0.2, 0.25) is 5.02 Å². The van der Waals surface area contributed by atoms with E-state index in [4.69, 9.17) is 16.3 Å². The Morgan fingerprint density at radius 3 is 2.86 bits per heavy atom. The van der Waals surface area contributed by atoms with Gasteiger partial charge in [-0.3, -0.25) is 4.68 Å². The number of nitrogens with zero attached hydrogens (tertiary/aromatic N) is 2. The number of hydrogen-bond acceptors (Lipinski definition) is 3. The first-order valence-electron chi connectivity index (χ1n) is 6.82. The van der Waals surface area contributed by atoms with Gasteiger partial charge in [-0.1, -0.05) is 24.6 Å². The molecule has 0 radical (unpaired) electrons. The van der Waals surface area contributed by atoms with Gasteiger partial charge in [-0.25, -0.2) is 4.39 Å². The minimum Gasteiger partial charge on any atom is -0.493 e. The van der Waals surface area contributed by atoms with E-state index in [1.54, 1.807) is 30.1 Å². The first kappa shape index (κ1) is 15.8. The van der Waals surface area contributed by atoms with Crippen molar-refractivity contribution in [3.8, 4) is 5.75 Å². The third kappa shape index (κ3) is 3.36. The molecule has 0 spiro atoms. The molecule has 1 unspecified atom stereocenters. The van der Waals surface area contributed by atoms with Crippen LogP contribution in [0, 0.1) is 5.82 Å². The van der Waals surface area contributed by atoms with Gasteiger partial charge in [0.05, 0.1) is 19.3 Å². The van der Waals surface area contributed by atoms with E-state index in [0.29, 0.717) is 16.3 Å². The predicted octanol–water partition coefficient (Wildman–Crippen LogP) is 3.31. The Morgan fingerprint density at radius 1 is 1.48 bits per heavy atom. The quantitative estimate of drug-likeness (QED) is 0.889. The molecule has 1 aromatic heterocycles. The monoisotopic (exact) mass is 311 g/mol. The number of aryl methyl sites for hydroxylation is 1. The SMILES string of the molecule is CCCNC(c1ccc(Cl)cc1F)c1c(OC)cnn1C. The fourth-order valence-electron chi connectivity index (χ4n) is 2.29. The molecule has 114 valence electrons. The van der Waals surface area contributed by atoms with Crippen molar-refractivity contribution in [2.24, 2.45) is 7.05 Å². The van der Waals surface area contributed by atoms with Crippen LogP contribution in [0.4, 0.5) is 4.39 Å². The lowest BCUT2D eigenvalue weighted by Gasteiger charge is -2.21. The van der Waals surface area contributed by atoms with E-state index in [0.717, 1.165) is 18.7 Å². The topological polar surface area (TPSA) is 39.1 Å². The van der Waals surface area contributed by atoms with Crippen molar-refractivity contribution >= 4 is 11.6 Å². The second kappa shape index (κ2) is 6.91. The van der Waals surface area contributed by atoms with Crippen molar-refractivity contribution in [1.29, 1.82) is 0 Å². The summed E-state index contributed by atoms with van der Waals surface area (Å²) in [7, 11) is 3.39. The highest BCUT2D eigenvalue weighted by atomic mass is 35.5. The summed E-state index contributed by atoms with van der Waals surface area (Å²) in [6.45, 7) is 2.81. The Morgan fingerprint density at radius 2 is 2.24 bits per heavy atom. The highest BCUT2D eigenvalue weighted by molar-refractivity contribution is 6.30. The molecule has 2 rings (SSSR count). The molecule has 4 nitrogen and oxygen atoms in total. The molecule has 2 aromatic rings. The maximum atomic E-state index is 14.3. The van der Waals surface area contributed by atoms with Crippen LogP contribution in [0.5, 0.6) is 5.75 Å². The van der Waals surface area contributed by atoms with Gasteiger partial charge in [0, 0.05) is 17.6 Å². The zero-order valence-corrected chi connectivity index (χ0v) is 13.1. The molecule has 0 aliphatic rings. The Bertz CT molecular complexity index is 615. The molecular weight excluding hydrogens is 293 g/mol. The van der Waals surface area contributed by atoms with Crippen LogP contribution >= 0.6 is 11.6 Å². The van der Waals surface area contributed by atoms with Gasteiger partial charge in [0.1, 0.15) is 11.5 Å². The first-order chi connectivity index (χ1) is 10.1. The lowest BCUT2D eigenvalue weighted by Crippen LogP contribution is -2.26. The third-order valence-corrected chi connectivity index (χ3v) is 3.55. The van der Waals surface area contributed by atoms with Gasteiger partial charge in [-0.2, -0.15) is 5.10 Å². The molecule has 6 heteroatoms. The summed E-state index contributed by atoms with van der Waals surface area (Å²) in [5.41, 5.74) is 1.31. The summed E-state index contributed by atoms with van der Waals surface area (Å²) in [4.78, 5) is 0. The van der Waals surface area contributed by atoms with E-state index in [1.807, 2.05) is 7.05 Å². The average molecular weight is 312 g/mol. The molecular formula is C15H19ClFN3O. The van der Waals surface area contributed by atoms with Crippen LogP contribution in [0.1, 0.15) is 30.6 Å². The van der Waals surface area contributed by atoms with Crippen LogP contribution in [-0.4, -0.2) is 23.4 Å². The summed E-state index contributed by atoms with van der Waals surface area (Å²) >= 11 is 5.84. The highest BCUT2D eigenvalue weighted by Gasteiger charge is 2.24. The van der Waals surface area contributed by atoms with Crippen LogP contribution in [-0.2, 0) is 7.05 Å². The smallest absolute Gasteiger partial charge is 0.161 e. The highest BCUT2D eigenvalue weighted by Crippen LogP contribution is 2.31. The normalized spacial score (nSPS) is 12.4. The third-order valence-electron chi connectivity index (χ3n) is 3.31. The van der Waals surface area contributed by atoms with Crippen LogP contribution < -0.4 is 10.1 Å². The second-order valence-electron chi connectivity index (χ2n) is 4.77. The number of halogens is 2. The molecule has 0 amide bonds. The molecule has 0 bridgehead atoms. The molecule has 0 saturated carbocycles. The molecule has 0 fully saturated rings. The van der Waals surface area contributed by atoms with Crippen LogP contribution in [0.15, 0.2) is 24.4 Å². The minimum atomic E-state index is -0.348. The van der Waals surface area contributed by atoms with E-state index >= 15 is 0 Å². The number of methoxy groups -OCH3 is 1. The van der Waals surface area contributed by atoms with Crippen molar-refractivity contribution in [3.63, 3.8) is 0 Å². The Balaban J connectivity index is 2.49. The Hall–Kier alpha value is -1.59. The summed E-state index contributed by atoms with van der Waals surface area (Å²) < 4.78 is 21.3. The van der Waals surface area contributed by atoms with E-state index in [1.165, 1.54) is 6.07 Å². The summed E-state index contributed by atoms with van der Waals surface area (Å²) in [5, 5.41) is 7.91. The summed E-state index contributed by atoms with van der Waals surface area (Å²) in [6.07, 6.45) is 2.57. The molecule has 0 aliphatic carbocycles. The van der Waals surface area contributed by atoms with E-state index in [-0.39, 0.29) is 11.9 Å². The number of aromatic nitrogens is 2. The number of benzene rings is 1. The van der Waals surface area contributed by atoms with Crippen molar-refractivity contribution in [3.05, 3.63) is 46.5 Å². The molecule has 0 aliphatic heterocycles. The number of nitrogens with one attached hydrogen (secondary N) is 1. The predicted molar refractivity (Wildman–Crippen MR) is 81.3 cm³/mol. The van der Waals surface area contributed by atoms with Crippen molar-refractivity contribution < 1.29 is 9.13 Å². The lowest BCUT2D eigenvalue weighted by molar-refractivity contribution is 0.399. The van der Waals surface area contributed by atoms with Gasteiger partial charge in [0.15, 0.2) is 5.75 Å². The summed E-state index contributed by atoms with van der Waals surface area (Å²) in [6, 6.07) is 4.35. The fraction of sp³-hybridized carbons (Fsp3) is 0.400. The number of hydrogen-bond donors (Lipinski definition) is 1. The number of rotatable bonds is 6. The average Bonchev–Trinajstić information content (AvgIpc) is 2.82. The van der Waals surface area contributed by atoms with Gasteiger partial charge in [0.2, 0.25) is 0 Å². The second-order valence-corrected chi connectivity index (χ2v) is 5.21. The van der Waals surface area contributed by atoms with Crippen LogP contribution in [0.3, 0.4) is 0 Å². The van der Waals surface area contributed by atoms with Crippen molar-refractivity contribution in [2.45, 2.75) is 19.4 Å². The van der Waals surface area contributed by atoms with Crippen molar-refractivity contribution in [2.75, 3.05) is 13.7 Å². The Kier molecular flexibility index (Phi) is 5.20. The van der Waals surface area contributed by atoms with Gasteiger partial charge >= 0.3 is 0 Å². The standard InChI is InChI=1S/C15H19ClFN3O/c1-4-7-18-14(11-6-5-10(16)8-12(11)17)15-13(21-3)9-19-20(15)2/h5-6,8-9,14,18H,4,7H2,1-3H3. The molecule has 21 heavy (non-hydrogen) atoms. The summed E-state index contributed by atoms with van der Waals surface area (Å²) in [5.74, 6) is 0.278. The fourth-order valence-corrected chi connectivity index (χ4v) is 2.45. The lowest BCUT2D eigenvalue weighted by atomic mass is 10.0. The van der Waals surface area contributed by atoms with Gasteiger partial charge in [-0.15, -0.1) is 0 Å². The van der Waals surface area contributed by atoms with E-state index in [2.05, 4.69) is 17.3 Å². The first-order valence-corrected chi connectivity index (χ1v) is 7.20. The van der Waals surface area contributed by atoms with Crippen LogP contribution in [0.25, 0.3) is 0 Å². The number of ether oxygens (including phenoxy) is 1. The molecule has 1 atom stereocenters. The van der Waals surface area contributed by atoms with Gasteiger partial charge < -0.3 is 10.1 Å². The van der Waals surface area contributed by atoms with Gasteiger partial charge in [0.25, 0.3) is 0 Å². The zero-order valence-electron chi connectivity index (χ0n) is 12.4. The van der Waals surface area contributed by atoms with E-state index < -0.39 is 0 Å². The molecule has 1 heterocycles. The maximum absolute atomic E-state index is 14.3. The molecule has 1 aromatic carbocycles. The largest absolute Gasteiger partial charge is 0.493 e. The zero-order chi connectivity index (χ0) is 15.4. The minimum absolute atomic E-state index is 0.343. The maximum Gasteiger partial charge on any atom is 0.161 e. The van der Waals surface area contributed by atoms with Crippen molar-refractivity contribution in [1.82, 2.24) is 15.1 Å². The molecule has 1 N–H and O–H groups in total. The van der Waals surface area contributed by atoms with Gasteiger partial charge in [-0.05, 0) is 25.1 Å². The Labute approximate surface area is 128 Å². The molecule has 0 saturated heterocycles. The van der Waals surface area contributed by atoms with E-state index in [9.17, 15) is 4.39 Å².